The van der Waals surface area contributed by atoms with Crippen molar-refractivity contribution in [3.05, 3.63) is 99.5 Å². The highest BCUT2D eigenvalue weighted by molar-refractivity contribution is 7.80. The summed E-state index contributed by atoms with van der Waals surface area (Å²) in [4.78, 5) is 0.651. The molecule has 26 heavy (non-hydrogen) atoms. The first-order valence-electron chi connectivity index (χ1n) is 8.11. The van der Waals surface area contributed by atoms with Gasteiger partial charge in [-0.1, -0.05) is 84.0 Å². The van der Waals surface area contributed by atoms with E-state index in [2.05, 4.69) is 17.4 Å². The molecule has 0 saturated carbocycles. The standard InChI is InChI=1S/C21H17Cl2NOS/c22-18-11-10-16(12-19(18)23)14-25-20-9-5-4-8-17(20)21(26)24-13-15-6-2-1-3-7-15/h1-12H,13-14H2,(H,24,26). The van der Waals surface area contributed by atoms with Gasteiger partial charge in [-0.2, -0.15) is 0 Å². The summed E-state index contributed by atoms with van der Waals surface area (Å²) in [7, 11) is 0. The van der Waals surface area contributed by atoms with E-state index in [1.807, 2.05) is 48.5 Å². The number of halogens is 2. The second-order valence-corrected chi connectivity index (χ2v) is 6.92. The van der Waals surface area contributed by atoms with Crippen LogP contribution in [0.4, 0.5) is 0 Å². The van der Waals surface area contributed by atoms with Crippen molar-refractivity contribution >= 4 is 40.4 Å². The number of rotatable bonds is 6. The average molecular weight is 402 g/mol. The average Bonchev–Trinajstić information content (AvgIpc) is 2.68. The van der Waals surface area contributed by atoms with Gasteiger partial charge in [0.05, 0.1) is 15.6 Å². The van der Waals surface area contributed by atoms with E-state index in [1.165, 1.54) is 5.56 Å². The lowest BCUT2D eigenvalue weighted by Crippen LogP contribution is -2.22. The van der Waals surface area contributed by atoms with Crippen LogP contribution < -0.4 is 10.1 Å². The van der Waals surface area contributed by atoms with Crippen LogP contribution in [0.2, 0.25) is 10.0 Å². The van der Waals surface area contributed by atoms with Crippen molar-refractivity contribution < 1.29 is 4.74 Å². The monoisotopic (exact) mass is 401 g/mol. The summed E-state index contributed by atoms with van der Waals surface area (Å²) in [6.07, 6.45) is 0. The molecule has 0 amide bonds. The molecule has 132 valence electrons. The van der Waals surface area contributed by atoms with Gasteiger partial charge in [0, 0.05) is 6.54 Å². The minimum atomic E-state index is 0.384. The van der Waals surface area contributed by atoms with Crippen molar-refractivity contribution in [3.63, 3.8) is 0 Å². The van der Waals surface area contributed by atoms with Gasteiger partial charge in [-0.05, 0) is 35.4 Å². The number of hydrogen-bond acceptors (Lipinski definition) is 2. The summed E-state index contributed by atoms with van der Waals surface area (Å²) in [6, 6.07) is 23.3. The third-order valence-electron chi connectivity index (χ3n) is 3.81. The van der Waals surface area contributed by atoms with Gasteiger partial charge in [0.15, 0.2) is 0 Å². The summed E-state index contributed by atoms with van der Waals surface area (Å²) >= 11 is 17.6. The Balaban J connectivity index is 1.67. The normalized spacial score (nSPS) is 10.4. The smallest absolute Gasteiger partial charge is 0.129 e. The Bertz CT molecular complexity index is 900. The largest absolute Gasteiger partial charge is 0.488 e. The van der Waals surface area contributed by atoms with Crippen molar-refractivity contribution in [1.82, 2.24) is 5.32 Å². The number of hydrogen-bond donors (Lipinski definition) is 1. The molecule has 3 aromatic rings. The Labute approximate surface area is 168 Å². The van der Waals surface area contributed by atoms with Crippen LogP contribution in [0, 0.1) is 0 Å². The van der Waals surface area contributed by atoms with Gasteiger partial charge in [-0.3, -0.25) is 0 Å². The minimum absolute atomic E-state index is 0.384. The van der Waals surface area contributed by atoms with E-state index in [0.717, 1.165) is 16.9 Å². The molecule has 0 aromatic heterocycles. The highest BCUT2D eigenvalue weighted by Crippen LogP contribution is 2.24. The Morgan fingerprint density at radius 1 is 0.846 bits per heavy atom. The molecule has 1 N–H and O–H groups in total. The number of ether oxygens (including phenoxy) is 1. The summed E-state index contributed by atoms with van der Waals surface area (Å²) in [5, 5.41) is 4.33. The van der Waals surface area contributed by atoms with Gasteiger partial charge in [0.1, 0.15) is 17.3 Å². The maximum absolute atomic E-state index is 6.06. The van der Waals surface area contributed by atoms with E-state index >= 15 is 0 Å². The van der Waals surface area contributed by atoms with Gasteiger partial charge >= 0.3 is 0 Å². The highest BCUT2D eigenvalue weighted by atomic mass is 35.5. The lowest BCUT2D eigenvalue weighted by molar-refractivity contribution is 0.305. The third-order valence-corrected chi connectivity index (χ3v) is 4.91. The number of para-hydroxylation sites is 1. The van der Waals surface area contributed by atoms with E-state index in [4.69, 9.17) is 40.2 Å². The van der Waals surface area contributed by atoms with Crippen LogP contribution >= 0.6 is 35.4 Å². The zero-order chi connectivity index (χ0) is 18.4. The molecular formula is C21H17Cl2NOS. The van der Waals surface area contributed by atoms with Crippen LogP contribution in [0.5, 0.6) is 5.75 Å². The molecule has 0 radical (unpaired) electrons. The maximum Gasteiger partial charge on any atom is 0.129 e. The number of benzene rings is 3. The highest BCUT2D eigenvalue weighted by Gasteiger charge is 2.09. The minimum Gasteiger partial charge on any atom is -0.488 e. The van der Waals surface area contributed by atoms with Crippen LogP contribution in [0.3, 0.4) is 0 Å². The molecule has 0 fully saturated rings. The first kappa shape index (κ1) is 18.7. The molecule has 0 aliphatic carbocycles. The lowest BCUT2D eigenvalue weighted by Gasteiger charge is -2.14. The number of thiocarbonyl (C=S) groups is 1. The molecule has 3 rings (SSSR count). The van der Waals surface area contributed by atoms with Crippen LogP contribution in [0.25, 0.3) is 0 Å². The van der Waals surface area contributed by atoms with E-state index in [9.17, 15) is 0 Å². The fourth-order valence-corrected chi connectivity index (χ4v) is 3.01. The Kier molecular flexibility index (Phi) is 6.51. The first-order chi connectivity index (χ1) is 12.6. The maximum atomic E-state index is 6.06. The van der Waals surface area contributed by atoms with E-state index in [1.54, 1.807) is 12.1 Å². The Morgan fingerprint density at radius 3 is 2.35 bits per heavy atom. The molecule has 0 aliphatic heterocycles. The SMILES string of the molecule is S=C(NCc1ccccc1)c1ccccc1OCc1ccc(Cl)c(Cl)c1. The van der Waals surface area contributed by atoms with Gasteiger partial charge < -0.3 is 10.1 Å². The van der Waals surface area contributed by atoms with Gasteiger partial charge in [0.2, 0.25) is 0 Å². The van der Waals surface area contributed by atoms with Crippen molar-refractivity contribution in [2.75, 3.05) is 0 Å². The summed E-state index contributed by atoms with van der Waals surface area (Å²) in [6.45, 7) is 1.05. The van der Waals surface area contributed by atoms with Crippen LogP contribution in [0.1, 0.15) is 16.7 Å². The number of nitrogens with one attached hydrogen (secondary N) is 1. The topological polar surface area (TPSA) is 21.3 Å². The molecule has 2 nitrogen and oxygen atoms in total. The molecule has 0 saturated heterocycles. The predicted molar refractivity (Wildman–Crippen MR) is 112 cm³/mol. The molecule has 0 atom stereocenters. The van der Waals surface area contributed by atoms with Gasteiger partial charge in [0.25, 0.3) is 0 Å². The van der Waals surface area contributed by atoms with E-state index in [0.29, 0.717) is 28.2 Å². The lowest BCUT2D eigenvalue weighted by atomic mass is 10.1. The molecule has 0 unspecified atom stereocenters. The van der Waals surface area contributed by atoms with Crippen LogP contribution in [0.15, 0.2) is 72.8 Å². The molecule has 3 aromatic carbocycles. The van der Waals surface area contributed by atoms with Gasteiger partial charge in [-0.25, -0.2) is 0 Å². The Hall–Kier alpha value is -2.07. The Morgan fingerprint density at radius 2 is 1.58 bits per heavy atom. The second-order valence-electron chi connectivity index (χ2n) is 5.70. The molecule has 0 spiro atoms. The van der Waals surface area contributed by atoms with E-state index < -0.39 is 0 Å². The van der Waals surface area contributed by atoms with Crippen molar-refractivity contribution in [2.24, 2.45) is 0 Å². The van der Waals surface area contributed by atoms with E-state index in [-0.39, 0.29) is 0 Å². The second kappa shape index (κ2) is 9.04. The molecule has 5 heteroatoms. The molecular weight excluding hydrogens is 385 g/mol. The van der Waals surface area contributed by atoms with Gasteiger partial charge in [-0.15, -0.1) is 0 Å². The third kappa shape index (κ3) is 4.98. The summed E-state index contributed by atoms with van der Waals surface area (Å²) in [5.41, 5.74) is 2.97. The molecule has 0 bridgehead atoms. The predicted octanol–water partition coefficient (Wildman–Crippen LogP) is 6.04. The summed E-state index contributed by atoms with van der Waals surface area (Å²) in [5.74, 6) is 0.726. The fraction of sp³-hybridized carbons (Fsp3) is 0.0952. The molecule has 0 aliphatic rings. The quantitative estimate of drug-likeness (QED) is 0.508. The van der Waals surface area contributed by atoms with Crippen LogP contribution in [-0.2, 0) is 13.2 Å². The zero-order valence-electron chi connectivity index (χ0n) is 13.9. The fourth-order valence-electron chi connectivity index (χ4n) is 2.44. The molecule has 0 heterocycles. The van der Waals surface area contributed by atoms with Crippen molar-refractivity contribution in [2.45, 2.75) is 13.2 Å². The van der Waals surface area contributed by atoms with Crippen molar-refractivity contribution in [3.8, 4) is 5.75 Å². The first-order valence-corrected chi connectivity index (χ1v) is 9.28. The summed E-state index contributed by atoms with van der Waals surface area (Å²) < 4.78 is 5.96. The zero-order valence-corrected chi connectivity index (χ0v) is 16.2. The van der Waals surface area contributed by atoms with Crippen molar-refractivity contribution in [1.29, 1.82) is 0 Å². The van der Waals surface area contributed by atoms with Crippen LogP contribution in [-0.4, -0.2) is 4.99 Å².